The lowest BCUT2D eigenvalue weighted by molar-refractivity contribution is 0.0687. The minimum atomic E-state index is -1.09. The van der Waals surface area contributed by atoms with Crippen LogP contribution in [0.25, 0.3) is 33.1 Å². The molecule has 1 aliphatic heterocycles. The first-order valence-corrected chi connectivity index (χ1v) is 13.4. The summed E-state index contributed by atoms with van der Waals surface area (Å²) in [6.07, 6.45) is -0.183. The molecule has 6 rings (SSSR count). The molecule has 1 aliphatic rings. The maximum Gasteiger partial charge on any atom is 0.353 e. The second-order valence-electron chi connectivity index (χ2n) is 9.56. The topological polar surface area (TPSA) is 114 Å². The molecule has 3 heterocycles. The van der Waals surface area contributed by atoms with E-state index in [4.69, 9.17) is 23.7 Å². The second kappa shape index (κ2) is 10.2. The highest BCUT2D eigenvalue weighted by molar-refractivity contribution is 7.00. The Kier molecular flexibility index (Phi) is 6.59. The van der Waals surface area contributed by atoms with Gasteiger partial charge < -0.3 is 33.4 Å². The van der Waals surface area contributed by atoms with Crippen molar-refractivity contribution in [3.05, 3.63) is 53.7 Å². The van der Waals surface area contributed by atoms with Crippen molar-refractivity contribution in [1.82, 2.24) is 13.3 Å². The highest BCUT2D eigenvalue weighted by Gasteiger charge is 2.31. The highest BCUT2D eigenvalue weighted by atomic mass is 32.1. The molecule has 0 aliphatic carbocycles. The number of fused-ring (bicyclic) bond motifs is 3. The van der Waals surface area contributed by atoms with E-state index < -0.39 is 5.97 Å². The number of hydrogen-bond acceptors (Lipinski definition) is 9. The van der Waals surface area contributed by atoms with Gasteiger partial charge in [0.05, 0.1) is 43.0 Å². The largest absolute Gasteiger partial charge is 0.493 e. The summed E-state index contributed by atoms with van der Waals surface area (Å²) in [5.41, 5.74) is 4.24. The van der Waals surface area contributed by atoms with Crippen LogP contribution in [0.15, 0.2) is 42.5 Å². The number of ether oxygens (including phenoxy) is 5. The van der Waals surface area contributed by atoms with E-state index in [9.17, 15) is 9.90 Å². The average Bonchev–Trinajstić information content (AvgIpc) is 3.54. The monoisotopic (exact) mass is 561 g/mol. The van der Waals surface area contributed by atoms with E-state index in [0.717, 1.165) is 28.3 Å². The number of carbonyl (C=O) groups is 1. The van der Waals surface area contributed by atoms with Crippen LogP contribution in [-0.2, 0) is 6.54 Å². The number of carboxylic acids is 1. The van der Waals surface area contributed by atoms with Crippen molar-refractivity contribution in [3.8, 4) is 39.9 Å². The SMILES string of the molecule is COc1cc2c(c(OC)c1OC(C)C)c(-c1ccc3c(c1)OCCO3)c(C(=O)O)n2Cc1ccc2nsnc2c1. The molecule has 3 aromatic carbocycles. The molecule has 40 heavy (non-hydrogen) atoms. The van der Waals surface area contributed by atoms with Gasteiger partial charge in [0.1, 0.15) is 29.9 Å². The van der Waals surface area contributed by atoms with Gasteiger partial charge in [-0.1, -0.05) is 12.1 Å². The molecule has 2 aromatic heterocycles. The molecule has 0 amide bonds. The van der Waals surface area contributed by atoms with Crippen LogP contribution in [0.2, 0.25) is 0 Å². The fourth-order valence-corrected chi connectivity index (χ4v) is 5.62. The van der Waals surface area contributed by atoms with Gasteiger partial charge in [-0.15, -0.1) is 0 Å². The van der Waals surface area contributed by atoms with E-state index in [-0.39, 0.29) is 18.3 Å². The Morgan fingerprint density at radius 3 is 2.50 bits per heavy atom. The van der Waals surface area contributed by atoms with Crippen molar-refractivity contribution < 1.29 is 33.6 Å². The normalized spacial score (nSPS) is 12.7. The number of methoxy groups -OCH3 is 2. The van der Waals surface area contributed by atoms with Gasteiger partial charge in [-0.2, -0.15) is 8.75 Å². The first kappa shape index (κ1) is 25.8. The number of carboxylic acid groups (broad SMARTS) is 1. The van der Waals surface area contributed by atoms with Crippen molar-refractivity contribution in [3.63, 3.8) is 0 Å². The van der Waals surface area contributed by atoms with Crippen LogP contribution in [0, 0.1) is 0 Å². The number of benzene rings is 3. The molecule has 1 N–H and O–H groups in total. The van der Waals surface area contributed by atoms with E-state index >= 15 is 0 Å². The average molecular weight is 562 g/mol. The standard InChI is InChI=1S/C29H27N3O7S/c1-15(2)39-27-23(35-3)13-20-25(28(27)36-4)24(17-6-8-21-22(12-17)38-10-9-37-21)26(29(33)34)32(20)14-16-5-7-18-19(11-16)31-40-30-18/h5-8,11-13,15H,9-10,14H2,1-4H3,(H,33,34). The summed E-state index contributed by atoms with van der Waals surface area (Å²) in [5, 5.41) is 11.3. The summed E-state index contributed by atoms with van der Waals surface area (Å²) >= 11 is 1.14. The Morgan fingerprint density at radius 1 is 1.00 bits per heavy atom. The van der Waals surface area contributed by atoms with Crippen LogP contribution >= 0.6 is 11.7 Å². The van der Waals surface area contributed by atoms with Gasteiger partial charge in [-0.3, -0.25) is 0 Å². The summed E-state index contributed by atoms with van der Waals surface area (Å²) in [5.74, 6) is 1.28. The zero-order valence-corrected chi connectivity index (χ0v) is 23.2. The molecule has 0 fully saturated rings. The van der Waals surface area contributed by atoms with Crippen LogP contribution in [0.5, 0.6) is 28.7 Å². The summed E-state index contributed by atoms with van der Waals surface area (Å²) in [7, 11) is 3.08. The van der Waals surface area contributed by atoms with Crippen molar-refractivity contribution >= 4 is 39.6 Å². The summed E-state index contributed by atoms with van der Waals surface area (Å²) in [6, 6.07) is 13.0. The van der Waals surface area contributed by atoms with Crippen LogP contribution in [0.1, 0.15) is 29.9 Å². The van der Waals surface area contributed by atoms with Gasteiger partial charge >= 0.3 is 5.97 Å². The van der Waals surface area contributed by atoms with E-state index in [2.05, 4.69) is 8.75 Å². The number of nitrogens with zero attached hydrogens (tertiary/aromatic N) is 3. The predicted octanol–water partition coefficient (Wildman–Crippen LogP) is 5.64. The van der Waals surface area contributed by atoms with E-state index in [0.29, 0.717) is 64.0 Å². The quantitative estimate of drug-likeness (QED) is 0.257. The lowest BCUT2D eigenvalue weighted by Gasteiger charge is -2.20. The zero-order chi connectivity index (χ0) is 28.0. The molecule has 206 valence electrons. The molecular formula is C29H27N3O7S. The Morgan fingerprint density at radius 2 is 1.77 bits per heavy atom. The van der Waals surface area contributed by atoms with Gasteiger partial charge in [0.15, 0.2) is 23.0 Å². The molecule has 0 saturated carbocycles. The van der Waals surface area contributed by atoms with Crippen LogP contribution in [0.3, 0.4) is 0 Å². The van der Waals surface area contributed by atoms with Gasteiger partial charge in [-0.25, -0.2) is 4.79 Å². The number of aromatic nitrogens is 3. The van der Waals surface area contributed by atoms with Gasteiger partial charge in [-0.05, 0) is 49.2 Å². The van der Waals surface area contributed by atoms with E-state index in [1.54, 1.807) is 29.9 Å². The number of hydrogen-bond donors (Lipinski definition) is 1. The molecular weight excluding hydrogens is 534 g/mol. The molecule has 0 unspecified atom stereocenters. The molecule has 0 saturated heterocycles. The van der Waals surface area contributed by atoms with Crippen LogP contribution < -0.4 is 23.7 Å². The minimum absolute atomic E-state index is 0.0882. The first-order chi connectivity index (χ1) is 19.4. The molecule has 0 atom stereocenters. The Balaban J connectivity index is 1.68. The molecule has 10 nitrogen and oxygen atoms in total. The van der Waals surface area contributed by atoms with Crippen molar-refractivity contribution in [1.29, 1.82) is 0 Å². The second-order valence-corrected chi connectivity index (χ2v) is 10.1. The Labute approximate surface area is 233 Å². The summed E-state index contributed by atoms with van der Waals surface area (Å²) in [6.45, 7) is 4.93. The van der Waals surface area contributed by atoms with Crippen LogP contribution in [0.4, 0.5) is 0 Å². The third-order valence-electron chi connectivity index (χ3n) is 6.70. The summed E-state index contributed by atoms with van der Waals surface area (Å²) in [4.78, 5) is 13.1. The maximum atomic E-state index is 13.1. The Hall–Kier alpha value is -4.51. The number of rotatable bonds is 8. The fourth-order valence-electron chi connectivity index (χ4n) is 5.10. The van der Waals surface area contributed by atoms with Gasteiger partial charge in [0.25, 0.3) is 0 Å². The molecule has 5 aromatic rings. The third-order valence-corrected chi connectivity index (χ3v) is 7.26. The lowest BCUT2D eigenvalue weighted by atomic mass is 9.99. The molecule has 0 bridgehead atoms. The third kappa shape index (κ3) is 4.32. The maximum absolute atomic E-state index is 13.1. The molecule has 0 radical (unpaired) electrons. The van der Waals surface area contributed by atoms with Gasteiger partial charge in [0, 0.05) is 18.2 Å². The van der Waals surface area contributed by atoms with E-state index in [1.165, 1.54) is 7.11 Å². The zero-order valence-electron chi connectivity index (χ0n) is 22.4. The molecule has 11 heteroatoms. The Bertz CT molecular complexity index is 1760. The lowest BCUT2D eigenvalue weighted by Crippen LogP contribution is -2.15. The van der Waals surface area contributed by atoms with Crippen molar-refractivity contribution in [2.75, 3.05) is 27.4 Å². The van der Waals surface area contributed by atoms with Crippen molar-refractivity contribution in [2.24, 2.45) is 0 Å². The fraction of sp³-hybridized carbons (Fsp3) is 0.276. The highest BCUT2D eigenvalue weighted by Crippen LogP contribution is 2.50. The smallest absolute Gasteiger partial charge is 0.353 e. The van der Waals surface area contributed by atoms with E-state index in [1.807, 2.05) is 38.1 Å². The minimum Gasteiger partial charge on any atom is -0.493 e. The predicted molar refractivity (Wildman–Crippen MR) is 151 cm³/mol. The van der Waals surface area contributed by atoms with Crippen molar-refractivity contribution in [2.45, 2.75) is 26.5 Å². The van der Waals surface area contributed by atoms with Crippen LogP contribution in [-0.4, -0.2) is 57.9 Å². The van der Waals surface area contributed by atoms with Gasteiger partial charge in [0.2, 0.25) is 5.75 Å². The molecule has 0 spiro atoms. The number of aromatic carboxylic acids is 1. The summed E-state index contributed by atoms with van der Waals surface area (Å²) < 4.78 is 39.7. The first-order valence-electron chi connectivity index (χ1n) is 12.7.